The van der Waals surface area contributed by atoms with E-state index in [0.29, 0.717) is 0 Å². The van der Waals surface area contributed by atoms with Crippen LogP contribution in [-0.2, 0) is 4.79 Å². The van der Waals surface area contributed by atoms with E-state index >= 15 is 0 Å². The van der Waals surface area contributed by atoms with Crippen molar-refractivity contribution < 1.29 is 18.7 Å². The van der Waals surface area contributed by atoms with Crippen molar-refractivity contribution in [2.24, 2.45) is 5.41 Å². The lowest BCUT2D eigenvalue weighted by molar-refractivity contribution is -0.147. The highest BCUT2D eigenvalue weighted by Crippen LogP contribution is 2.33. The molecule has 88 valence electrons. The number of nitrogens with zero attached hydrogens (tertiary/aromatic N) is 1. The lowest BCUT2D eigenvalue weighted by Gasteiger charge is -2.34. The van der Waals surface area contributed by atoms with Gasteiger partial charge in [-0.2, -0.15) is 0 Å². The van der Waals surface area contributed by atoms with Gasteiger partial charge in [0.05, 0.1) is 6.54 Å². The second-order valence-electron chi connectivity index (χ2n) is 5.18. The molecule has 3 nitrogen and oxygen atoms in total. The fourth-order valence-corrected chi connectivity index (χ4v) is 2.06. The molecule has 0 radical (unpaired) electrons. The Hall–Kier alpha value is -0.710. The van der Waals surface area contributed by atoms with E-state index in [1.165, 1.54) is 4.90 Å². The van der Waals surface area contributed by atoms with Crippen LogP contribution in [0.25, 0.3) is 0 Å². The van der Waals surface area contributed by atoms with Crippen LogP contribution in [0.2, 0.25) is 0 Å². The lowest BCUT2D eigenvalue weighted by Crippen LogP contribution is -2.49. The summed E-state index contributed by atoms with van der Waals surface area (Å²) in [4.78, 5) is 12.4. The molecule has 0 aromatic rings. The third kappa shape index (κ3) is 2.87. The molecule has 0 aromatic heterocycles. The Morgan fingerprint density at radius 3 is 2.27 bits per heavy atom. The molecule has 1 fully saturated rings. The molecule has 1 N–H and O–H groups in total. The normalized spacial score (nSPS) is 24.1. The summed E-state index contributed by atoms with van der Waals surface area (Å²) in [5.41, 5.74) is -0.535. The Kier molecular flexibility index (Phi) is 3.05. The van der Waals surface area contributed by atoms with E-state index in [9.17, 15) is 13.6 Å². The first kappa shape index (κ1) is 12.4. The number of alkyl halides is 2. The topological polar surface area (TPSA) is 40.5 Å². The van der Waals surface area contributed by atoms with Crippen LogP contribution in [-0.4, -0.2) is 41.0 Å². The van der Waals surface area contributed by atoms with Crippen LogP contribution in [0.5, 0.6) is 0 Å². The van der Waals surface area contributed by atoms with Gasteiger partial charge < -0.3 is 5.11 Å². The molecule has 0 aromatic carbocycles. The van der Waals surface area contributed by atoms with Gasteiger partial charge in [0.25, 0.3) is 5.92 Å². The van der Waals surface area contributed by atoms with Crippen molar-refractivity contribution >= 4 is 5.97 Å². The Morgan fingerprint density at radius 2 is 2.00 bits per heavy atom. The predicted octanol–water partition coefficient (Wildman–Crippen LogP) is 1.83. The summed E-state index contributed by atoms with van der Waals surface area (Å²) in [5.74, 6) is -3.76. The summed E-state index contributed by atoms with van der Waals surface area (Å²) < 4.78 is 25.9. The van der Waals surface area contributed by atoms with Crippen molar-refractivity contribution in [2.75, 3.05) is 13.1 Å². The van der Waals surface area contributed by atoms with Crippen LogP contribution in [0, 0.1) is 5.41 Å². The molecule has 0 saturated carbocycles. The number of aliphatic carboxylic acids is 1. The quantitative estimate of drug-likeness (QED) is 0.773. The average Bonchev–Trinajstić information content (AvgIpc) is 2.25. The third-order valence-electron chi connectivity index (χ3n) is 2.62. The van der Waals surface area contributed by atoms with Crippen LogP contribution < -0.4 is 0 Å². The van der Waals surface area contributed by atoms with Crippen LogP contribution in [0.1, 0.15) is 27.2 Å². The summed E-state index contributed by atoms with van der Waals surface area (Å²) in [7, 11) is 0. The van der Waals surface area contributed by atoms with E-state index in [-0.39, 0.29) is 13.0 Å². The van der Waals surface area contributed by atoms with Gasteiger partial charge in [-0.05, 0) is 5.41 Å². The van der Waals surface area contributed by atoms with E-state index in [4.69, 9.17) is 5.11 Å². The maximum Gasteiger partial charge on any atom is 0.321 e. The highest BCUT2D eigenvalue weighted by molar-refractivity contribution is 5.74. The minimum Gasteiger partial charge on any atom is -0.480 e. The van der Waals surface area contributed by atoms with E-state index in [0.717, 1.165) is 0 Å². The number of carboxylic acid groups (broad SMARTS) is 1. The summed E-state index contributed by atoms with van der Waals surface area (Å²) >= 11 is 0. The third-order valence-corrected chi connectivity index (χ3v) is 2.62. The molecular weight excluding hydrogens is 204 g/mol. The van der Waals surface area contributed by atoms with E-state index < -0.39 is 29.9 Å². The fourth-order valence-electron chi connectivity index (χ4n) is 2.06. The second-order valence-corrected chi connectivity index (χ2v) is 5.18. The van der Waals surface area contributed by atoms with Gasteiger partial charge in [-0.25, -0.2) is 8.78 Å². The first-order valence-electron chi connectivity index (χ1n) is 4.98. The molecule has 1 atom stereocenters. The number of carboxylic acids is 1. The summed E-state index contributed by atoms with van der Waals surface area (Å²) in [6.07, 6.45) is -0.243. The van der Waals surface area contributed by atoms with Gasteiger partial charge in [-0.3, -0.25) is 9.69 Å². The molecule has 0 bridgehead atoms. The second kappa shape index (κ2) is 3.70. The van der Waals surface area contributed by atoms with Gasteiger partial charge in [0.15, 0.2) is 0 Å². The largest absolute Gasteiger partial charge is 0.480 e. The predicted molar refractivity (Wildman–Crippen MR) is 52.0 cm³/mol. The van der Waals surface area contributed by atoms with Gasteiger partial charge in [0.2, 0.25) is 0 Å². The number of rotatable bonds is 2. The molecule has 1 rings (SSSR count). The standard InChI is InChI=1S/C10H17F2NO2/c1-9(2,3)7(8(14)15)13-5-4-10(11,12)6-13/h7H,4-6H2,1-3H3,(H,14,15). The number of hydrogen-bond acceptors (Lipinski definition) is 2. The number of likely N-dealkylation sites (tertiary alicyclic amines) is 1. The highest BCUT2D eigenvalue weighted by Gasteiger charge is 2.46. The van der Waals surface area contributed by atoms with Gasteiger partial charge in [0, 0.05) is 13.0 Å². The van der Waals surface area contributed by atoms with E-state index in [1.807, 2.05) is 0 Å². The van der Waals surface area contributed by atoms with Crippen molar-refractivity contribution in [1.29, 1.82) is 0 Å². The Balaban J connectivity index is 2.80. The monoisotopic (exact) mass is 221 g/mol. The minimum atomic E-state index is -2.74. The maximum atomic E-state index is 13.0. The summed E-state index contributed by atoms with van der Waals surface area (Å²) in [5, 5.41) is 9.05. The molecule has 0 spiro atoms. The maximum absolute atomic E-state index is 13.0. The van der Waals surface area contributed by atoms with E-state index in [2.05, 4.69) is 0 Å². The molecule has 5 heteroatoms. The molecule has 1 aliphatic rings. The van der Waals surface area contributed by atoms with Crippen molar-refractivity contribution in [3.8, 4) is 0 Å². The van der Waals surface area contributed by atoms with Gasteiger partial charge in [-0.15, -0.1) is 0 Å². The SMILES string of the molecule is CC(C)(C)C(C(=O)O)N1CCC(F)(F)C1. The number of carbonyl (C=O) groups is 1. The van der Waals surface area contributed by atoms with E-state index in [1.54, 1.807) is 20.8 Å². The van der Waals surface area contributed by atoms with Crippen LogP contribution >= 0.6 is 0 Å². The Bertz CT molecular complexity index is 261. The zero-order valence-electron chi connectivity index (χ0n) is 9.26. The Morgan fingerprint density at radius 1 is 1.47 bits per heavy atom. The first-order chi connectivity index (χ1) is 6.63. The van der Waals surface area contributed by atoms with Crippen LogP contribution in [0.15, 0.2) is 0 Å². The molecule has 1 unspecified atom stereocenters. The molecule has 1 aliphatic heterocycles. The van der Waals surface area contributed by atoms with Crippen molar-refractivity contribution in [1.82, 2.24) is 4.90 Å². The molecule has 15 heavy (non-hydrogen) atoms. The minimum absolute atomic E-state index is 0.154. The molecular formula is C10H17F2NO2. The van der Waals surface area contributed by atoms with Gasteiger partial charge in [-0.1, -0.05) is 20.8 Å². The first-order valence-corrected chi connectivity index (χ1v) is 4.98. The van der Waals surface area contributed by atoms with Gasteiger partial charge >= 0.3 is 5.97 Å². The average molecular weight is 221 g/mol. The fraction of sp³-hybridized carbons (Fsp3) is 0.900. The number of hydrogen-bond donors (Lipinski definition) is 1. The van der Waals surface area contributed by atoms with Crippen LogP contribution in [0.4, 0.5) is 8.78 Å². The lowest BCUT2D eigenvalue weighted by atomic mass is 9.86. The zero-order chi connectivity index (χ0) is 11.9. The molecule has 1 heterocycles. The van der Waals surface area contributed by atoms with Crippen LogP contribution in [0.3, 0.4) is 0 Å². The van der Waals surface area contributed by atoms with Crippen molar-refractivity contribution in [2.45, 2.75) is 39.2 Å². The van der Waals surface area contributed by atoms with Gasteiger partial charge in [0.1, 0.15) is 6.04 Å². The van der Waals surface area contributed by atoms with Crippen molar-refractivity contribution in [3.63, 3.8) is 0 Å². The number of halogens is 2. The highest BCUT2D eigenvalue weighted by atomic mass is 19.3. The smallest absolute Gasteiger partial charge is 0.321 e. The molecule has 0 aliphatic carbocycles. The Labute approximate surface area is 88.1 Å². The molecule has 1 saturated heterocycles. The van der Waals surface area contributed by atoms with Crippen molar-refractivity contribution in [3.05, 3.63) is 0 Å². The zero-order valence-corrected chi connectivity index (χ0v) is 9.26. The summed E-state index contributed by atoms with van der Waals surface area (Å²) in [6.45, 7) is 4.97. The molecule has 0 amide bonds. The summed E-state index contributed by atoms with van der Waals surface area (Å²) in [6, 6.07) is -0.842.